The van der Waals surface area contributed by atoms with Gasteiger partial charge in [0.1, 0.15) is 0 Å². The molecule has 6 heteroatoms. The van der Waals surface area contributed by atoms with Crippen LogP contribution in [0.5, 0.6) is 11.5 Å². The maximum Gasteiger partial charge on any atom is 0.309 e. The molecule has 1 aromatic carbocycles. The van der Waals surface area contributed by atoms with Crippen molar-refractivity contribution in [3.8, 4) is 11.5 Å². The molecule has 1 saturated heterocycles. The minimum atomic E-state index is -0.947. The van der Waals surface area contributed by atoms with Gasteiger partial charge in [-0.2, -0.15) is 0 Å². The van der Waals surface area contributed by atoms with Crippen molar-refractivity contribution >= 4 is 11.9 Å². The summed E-state index contributed by atoms with van der Waals surface area (Å²) in [5, 5.41) is 9.33. The lowest BCUT2D eigenvalue weighted by molar-refractivity contribution is -0.142. The average molecular weight is 277 g/mol. The van der Waals surface area contributed by atoms with Crippen molar-refractivity contribution in [3.63, 3.8) is 0 Å². The van der Waals surface area contributed by atoms with E-state index in [1.807, 2.05) is 6.92 Å². The zero-order valence-corrected chi connectivity index (χ0v) is 11.0. The number of benzene rings is 1. The third-order valence-electron chi connectivity index (χ3n) is 3.83. The van der Waals surface area contributed by atoms with Gasteiger partial charge in [-0.15, -0.1) is 0 Å². The summed E-state index contributed by atoms with van der Waals surface area (Å²) in [7, 11) is 0. The van der Waals surface area contributed by atoms with Crippen molar-refractivity contribution in [1.82, 2.24) is 4.90 Å². The number of rotatable bonds is 3. The number of fused-ring (bicyclic) bond motifs is 1. The Labute approximate surface area is 115 Å². The highest BCUT2D eigenvalue weighted by Crippen LogP contribution is 2.42. The van der Waals surface area contributed by atoms with Crippen LogP contribution in [-0.2, 0) is 9.59 Å². The van der Waals surface area contributed by atoms with Crippen LogP contribution in [0, 0.1) is 5.92 Å². The molecule has 0 unspecified atom stereocenters. The van der Waals surface area contributed by atoms with Crippen molar-refractivity contribution in [2.75, 3.05) is 13.3 Å². The number of ether oxygens (including phenoxy) is 2. The van der Waals surface area contributed by atoms with E-state index < -0.39 is 17.9 Å². The summed E-state index contributed by atoms with van der Waals surface area (Å²) in [5.41, 5.74) is 0.773. The first-order chi connectivity index (χ1) is 9.61. The Kier molecular flexibility index (Phi) is 3.00. The highest BCUT2D eigenvalue weighted by Gasteiger charge is 2.44. The van der Waals surface area contributed by atoms with Gasteiger partial charge in [-0.25, -0.2) is 0 Å². The topological polar surface area (TPSA) is 76.1 Å². The molecule has 1 amide bonds. The number of amides is 1. The molecule has 3 rings (SSSR count). The monoisotopic (exact) mass is 277 g/mol. The Morgan fingerprint density at radius 2 is 2.15 bits per heavy atom. The highest BCUT2D eigenvalue weighted by molar-refractivity contribution is 5.87. The van der Waals surface area contributed by atoms with Gasteiger partial charge in [-0.05, 0) is 24.6 Å². The third kappa shape index (κ3) is 1.88. The predicted molar refractivity (Wildman–Crippen MR) is 68.4 cm³/mol. The number of hydrogen-bond donors (Lipinski definition) is 1. The molecule has 1 aromatic rings. The van der Waals surface area contributed by atoms with Crippen LogP contribution in [0.4, 0.5) is 0 Å². The Morgan fingerprint density at radius 1 is 1.40 bits per heavy atom. The molecule has 1 N–H and O–H groups in total. The first-order valence-corrected chi connectivity index (χ1v) is 6.53. The quantitative estimate of drug-likeness (QED) is 0.904. The van der Waals surface area contributed by atoms with E-state index in [1.54, 1.807) is 23.1 Å². The molecule has 106 valence electrons. The smallest absolute Gasteiger partial charge is 0.309 e. The van der Waals surface area contributed by atoms with Crippen LogP contribution in [0.1, 0.15) is 24.9 Å². The van der Waals surface area contributed by atoms with E-state index in [0.717, 1.165) is 5.56 Å². The van der Waals surface area contributed by atoms with Crippen molar-refractivity contribution in [2.24, 2.45) is 5.92 Å². The fourth-order valence-electron chi connectivity index (χ4n) is 2.89. The zero-order valence-electron chi connectivity index (χ0n) is 11.0. The second-order valence-electron chi connectivity index (χ2n) is 4.89. The summed E-state index contributed by atoms with van der Waals surface area (Å²) in [5.74, 6) is -0.544. The van der Waals surface area contributed by atoms with E-state index in [1.165, 1.54) is 0 Å². The minimum absolute atomic E-state index is 0.0439. The van der Waals surface area contributed by atoms with Gasteiger partial charge in [0.25, 0.3) is 0 Å². The number of carbonyl (C=O) groups is 2. The standard InChI is InChI=1S/C14H15NO5/c1-2-15-12(16)6-9(14(17)18)13(15)8-3-4-10-11(5-8)20-7-19-10/h3-5,9,13H,2,6-7H2,1H3,(H,17,18)/t9-,13+/m0/s1. The SMILES string of the molecule is CCN1C(=O)C[C@H](C(=O)O)[C@H]1c1ccc2c(c1)OCO2. The van der Waals surface area contributed by atoms with Gasteiger partial charge in [0, 0.05) is 13.0 Å². The molecule has 2 heterocycles. The maximum absolute atomic E-state index is 11.9. The van der Waals surface area contributed by atoms with Crippen LogP contribution < -0.4 is 9.47 Å². The fraction of sp³-hybridized carbons (Fsp3) is 0.429. The molecule has 0 spiro atoms. The van der Waals surface area contributed by atoms with Gasteiger partial charge < -0.3 is 19.5 Å². The maximum atomic E-state index is 11.9. The Hall–Kier alpha value is -2.24. The van der Waals surface area contributed by atoms with Crippen LogP contribution in [0.25, 0.3) is 0 Å². The number of nitrogens with zero attached hydrogens (tertiary/aromatic N) is 1. The zero-order chi connectivity index (χ0) is 14.3. The van der Waals surface area contributed by atoms with E-state index in [4.69, 9.17) is 9.47 Å². The van der Waals surface area contributed by atoms with Gasteiger partial charge in [0.2, 0.25) is 12.7 Å². The van der Waals surface area contributed by atoms with Gasteiger partial charge in [0.15, 0.2) is 11.5 Å². The molecule has 1 fully saturated rings. The normalized spacial score (nSPS) is 24.2. The molecule has 0 saturated carbocycles. The summed E-state index contributed by atoms with van der Waals surface area (Å²) in [6.45, 7) is 2.51. The van der Waals surface area contributed by atoms with Crippen LogP contribution in [-0.4, -0.2) is 35.2 Å². The summed E-state index contributed by atoms with van der Waals surface area (Å²) in [6, 6.07) is 4.88. The lowest BCUT2D eigenvalue weighted by atomic mass is 9.93. The lowest BCUT2D eigenvalue weighted by Gasteiger charge is -2.26. The van der Waals surface area contributed by atoms with E-state index >= 15 is 0 Å². The molecule has 0 aromatic heterocycles. The highest BCUT2D eigenvalue weighted by atomic mass is 16.7. The van der Waals surface area contributed by atoms with Gasteiger partial charge in [-0.1, -0.05) is 6.07 Å². The Balaban J connectivity index is 2.00. The van der Waals surface area contributed by atoms with E-state index in [-0.39, 0.29) is 19.1 Å². The van der Waals surface area contributed by atoms with Crippen LogP contribution in [0.3, 0.4) is 0 Å². The molecule has 0 aliphatic carbocycles. The number of carboxylic acid groups (broad SMARTS) is 1. The second kappa shape index (κ2) is 4.70. The van der Waals surface area contributed by atoms with Gasteiger partial charge in [0.05, 0.1) is 12.0 Å². The molecular formula is C14H15NO5. The van der Waals surface area contributed by atoms with Crippen LogP contribution in [0.15, 0.2) is 18.2 Å². The second-order valence-corrected chi connectivity index (χ2v) is 4.89. The number of carboxylic acids is 1. The van der Waals surface area contributed by atoms with Gasteiger partial charge in [-0.3, -0.25) is 9.59 Å². The summed E-state index contributed by atoms with van der Waals surface area (Å²) >= 11 is 0. The molecule has 20 heavy (non-hydrogen) atoms. The summed E-state index contributed by atoms with van der Waals surface area (Å²) in [4.78, 5) is 24.9. The minimum Gasteiger partial charge on any atom is -0.481 e. The van der Waals surface area contributed by atoms with Crippen molar-refractivity contribution in [2.45, 2.75) is 19.4 Å². The lowest BCUT2D eigenvalue weighted by Crippen LogP contribution is -2.30. The Morgan fingerprint density at radius 3 is 2.85 bits per heavy atom. The predicted octanol–water partition coefficient (Wildman–Crippen LogP) is 1.41. The average Bonchev–Trinajstić information content (AvgIpc) is 3.01. The van der Waals surface area contributed by atoms with Gasteiger partial charge >= 0.3 is 5.97 Å². The number of hydrogen-bond acceptors (Lipinski definition) is 4. The molecule has 2 aliphatic heterocycles. The molecule has 6 nitrogen and oxygen atoms in total. The van der Waals surface area contributed by atoms with Crippen molar-refractivity contribution in [3.05, 3.63) is 23.8 Å². The first kappa shape index (κ1) is 12.8. The van der Waals surface area contributed by atoms with E-state index in [9.17, 15) is 14.7 Å². The van der Waals surface area contributed by atoms with E-state index in [0.29, 0.717) is 18.0 Å². The number of aliphatic carboxylic acids is 1. The number of likely N-dealkylation sites (tertiary alicyclic amines) is 1. The number of carbonyl (C=O) groups excluding carboxylic acids is 1. The Bertz CT molecular complexity index is 571. The largest absolute Gasteiger partial charge is 0.481 e. The molecule has 2 aliphatic rings. The fourth-order valence-corrected chi connectivity index (χ4v) is 2.89. The van der Waals surface area contributed by atoms with Crippen molar-refractivity contribution < 1.29 is 24.2 Å². The van der Waals surface area contributed by atoms with Crippen LogP contribution >= 0.6 is 0 Å². The van der Waals surface area contributed by atoms with E-state index in [2.05, 4.69) is 0 Å². The summed E-state index contributed by atoms with van der Waals surface area (Å²) < 4.78 is 10.6. The first-order valence-electron chi connectivity index (χ1n) is 6.53. The molecule has 0 bridgehead atoms. The van der Waals surface area contributed by atoms with Crippen molar-refractivity contribution in [1.29, 1.82) is 0 Å². The molecule has 2 atom stereocenters. The molecular weight excluding hydrogens is 262 g/mol. The third-order valence-corrected chi connectivity index (χ3v) is 3.83. The summed E-state index contributed by atoms with van der Waals surface area (Å²) in [6.07, 6.45) is 0.0439. The molecule has 0 radical (unpaired) electrons. The van der Waals surface area contributed by atoms with Crippen LogP contribution in [0.2, 0.25) is 0 Å².